The summed E-state index contributed by atoms with van der Waals surface area (Å²) in [6.45, 7) is 10.3. The monoisotopic (exact) mass is 165 g/mol. The van der Waals surface area contributed by atoms with Crippen LogP contribution in [0.3, 0.4) is 0 Å². The molecule has 0 saturated heterocycles. The lowest BCUT2D eigenvalue weighted by molar-refractivity contribution is 0.626. The summed E-state index contributed by atoms with van der Waals surface area (Å²) in [5.74, 6) is 0.519. The van der Waals surface area contributed by atoms with Crippen LogP contribution < -0.4 is 0 Å². The molecule has 0 heteroatoms. The first kappa shape index (κ1) is 22.4. The van der Waals surface area contributed by atoms with E-state index in [2.05, 4.69) is 27.7 Å². The topological polar surface area (TPSA) is 0 Å². The third-order valence-electron chi connectivity index (χ3n) is 0.667. The quantitative estimate of drug-likeness (QED) is 0.489. The fourth-order valence-corrected chi connectivity index (χ4v) is 0. The first-order valence-electron chi connectivity index (χ1n) is 4.06. The van der Waals surface area contributed by atoms with E-state index in [9.17, 15) is 0 Å². The minimum Gasteiger partial charge on any atom is -0.0776 e. The molecular formula is C11H32. The summed E-state index contributed by atoms with van der Waals surface area (Å²) in [5, 5.41) is 0. The third kappa shape index (κ3) is 160. The largest absolute Gasteiger partial charge is 0.0776 e. The molecule has 0 aliphatic carbocycles. The predicted molar refractivity (Wildman–Crippen MR) is 61.3 cm³/mol. The Kier molecular flexibility index (Phi) is 66.1. The molecule has 11 heavy (non-hydrogen) atoms. The Balaban J connectivity index is -0.0000000246. The highest BCUT2D eigenvalue weighted by atomic mass is 13.9. The van der Waals surface area contributed by atoms with E-state index in [-0.39, 0.29) is 28.7 Å². The van der Waals surface area contributed by atoms with Crippen molar-refractivity contribution in [3.63, 3.8) is 0 Å². The maximum Gasteiger partial charge on any atom is 0.0266 e. The van der Waals surface area contributed by atoms with Crippen LogP contribution in [0, 0.1) is 5.92 Å². The first-order valence-corrected chi connectivity index (χ1v) is 3.48. The second-order valence-electron chi connectivity index (χ2n) is 2.28. The summed E-state index contributed by atoms with van der Waals surface area (Å²) in [6, 6.07) is 0. The minimum absolute atomic E-state index is 0. The average molecular weight is 165 g/mol. The first-order chi connectivity index (χ1) is 4.06. The number of hydrogen-bond donors (Lipinski definition) is 0. The summed E-state index contributed by atoms with van der Waals surface area (Å²) < 4.78 is 7.03. The van der Waals surface area contributed by atoms with E-state index < -0.39 is 0 Å². The van der Waals surface area contributed by atoms with Crippen LogP contribution in [-0.2, 0) is 0 Å². The smallest absolute Gasteiger partial charge is 0.0266 e. The van der Waals surface area contributed by atoms with Crippen molar-refractivity contribution in [2.45, 2.75) is 69.7 Å². The molecule has 0 fully saturated rings. The van der Waals surface area contributed by atoms with Crippen molar-refractivity contribution >= 4 is 0 Å². The van der Waals surface area contributed by atoms with E-state index in [0.717, 1.165) is 0 Å². The molecule has 0 aliphatic heterocycles. The molecule has 0 radical (unpaired) electrons. The van der Waals surface area contributed by atoms with Crippen molar-refractivity contribution < 1.29 is 1.37 Å². The molecule has 0 bridgehead atoms. The Hall–Kier alpha value is 0. The van der Waals surface area contributed by atoms with Crippen molar-refractivity contribution in [2.75, 3.05) is 0 Å². The zero-order valence-electron chi connectivity index (χ0n) is 7.86. The second-order valence-corrected chi connectivity index (χ2v) is 2.28. The van der Waals surface area contributed by atoms with Gasteiger partial charge in [-0.05, 0) is 5.92 Å². The van der Waals surface area contributed by atoms with Gasteiger partial charge < -0.3 is 0 Å². The lowest BCUT2D eigenvalue weighted by atomic mass is 10.2. The molecule has 0 saturated carbocycles. The molecule has 0 rings (SSSR count). The summed E-state index contributed by atoms with van der Waals surface area (Å²) in [6.07, 6.45) is 1.35. The fraction of sp³-hybridized carbons (Fsp3) is 1.00. The molecule has 0 N–H and O–H groups in total. The molecule has 0 aliphatic rings. The van der Waals surface area contributed by atoms with Gasteiger partial charge in [0, 0.05) is 1.37 Å². The van der Waals surface area contributed by atoms with Gasteiger partial charge in [-0.1, -0.05) is 69.7 Å². The number of rotatable bonds is 1. The standard InChI is InChI=1S/C5H12.C3H8.3CH4/c1-4-5(2)3;1-3-2;;;/h5H,4H2,1-3H3;3H2,1-2H3;3*1H4/i4D;;;;. The molecule has 0 amide bonds. The van der Waals surface area contributed by atoms with Gasteiger partial charge in [-0.3, -0.25) is 0 Å². The van der Waals surface area contributed by atoms with Crippen LogP contribution in [0.25, 0.3) is 0 Å². The lowest BCUT2D eigenvalue weighted by Gasteiger charge is -1.90. The van der Waals surface area contributed by atoms with Crippen molar-refractivity contribution in [3.8, 4) is 0 Å². The van der Waals surface area contributed by atoms with E-state index >= 15 is 0 Å². The highest BCUT2D eigenvalue weighted by Gasteiger charge is 1.80. The highest BCUT2D eigenvalue weighted by Crippen LogP contribution is 1.93. The molecule has 1 unspecified atom stereocenters. The highest BCUT2D eigenvalue weighted by molar-refractivity contribution is 4.32. The number of hydrogen-bond acceptors (Lipinski definition) is 0. The van der Waals surface area contributed by atoms with E-state index in [0.29, 0.717) is 5.92 Å². The van der Waals surface area contributed by atoms with E-state index in [1.165, 1.54) is 6.42 Å². The van der Waals surface area contributed by atoms with Gasteiger partial charge in [0.1, 0.15) is 0 Å². The molecule has 0 heterocycles. The maximum absolute atomic E-state index is 7.03. The van der Waals surface area contributed by atoms with Crippen LogP contribution in [0.2, 0.25) is 0 Å². The normalized spacial score (nSPS) is 10.2. The van der Waals surface area contributed by atoms with E-state index in [4.69, 9.17) is 1.37 Å². The van der Waals surface area contributed by atoms with E-state index in [1.54, 1.807) is 0 Å². The van der Waals surface area contributed by atoms with Crippen LogP contribution in [0.5, 0.6) is 0 Å². The Morgan fingerprint density at radius 1 is 1.00 bits per heavy atom. The SMILES string of the molecule is C.C.C.CCC.[2H]C(C)C(C)C. The summed E-state index contributed by atoms with van der Waals surface area (Å²) in [5.41, 5.74) is 0. The van der Waals surface area contributed by atoms with Gasteiger partial charge in [0.05, 0.1) is 0 Å². The molecule has 0 nitrogen and oxygen atoms in total. The van der Waals surface area contributed by atoms with Gasteiger partial charge in [0.2, 0.25) is 0 Å². The van der Waals surface area contributed by atoms with Crippen LogP contribution in [-0.4, -0.2) is 0 Å². The molecular weight excluding hydrogens is 132 g/mol. The predicted octanol–water partition coefficient (Wildman–Crippen LogP) is 5.38. The summed E-state index contributed by atoms with van der Waals surface area (Å²) >= 11 is 0. The molecule has 0 spiro atoms. The maximum atomic E-state index is 7.03. The zero-order chi connectivity index (χ0) is 7.86. The Labute approximate surface area is 77.8 Å². The molecule has 76 valence electrons. The Bertz CT molecular complexity index is 34.3. The second kappa shape index (κ2) is 32.4. The lowest BCUT2D eigenvalue weighted by Crippen LogP contribution is -1.77. The van der Waals surface area contributed by atoms with Crippen molar-refractivity contribution in [1.29, 1.82) is 0 Å². The average Bonchev–Trinajstić information content (AvgIpc) is 1.68. The van der Waals surface area contributed by atoms with Gasteiger partial charge in [-0.25, -0.2) is 0 Å². The molecule has 1 atom stereocenters. The zero-order valence-corrected chi connectivity index (χ0v) is 6.86. The van der Waals surface area contributed by atoms with Gasteiger partial charge in [-0.2, -0.15) is 0 Å². The Morgan fingerprint density at radius 3 is 1.09 bits per heavy atom. The van der Waals surface area contributed by atoms with Crippen LogP contribution in [0.4, 0.5) is 0 Å². The minimum atomic E-state index is 0. The van der Waals surface area contributed by atoms with Gasteiger partial charge >= 0.3 is 0 Å². The van der Waals surface area contributed by atoms with Crippen molar-refractivity contribution in [3.05, 3.63) is 0 Å². The van der Waals surface area contributed by atoms with Crippen LogP contribution >= 0.6 is 0 Å². The molecule has 0 aromatic carbocycles. The van der Waals surface area contributed by atoms with Crippen LogP contribution in [0.1, 0.15) is 71.1 Å². The Morgan fingerprint density at radius 2 is 1.09 bits per heavy atom. The fourth-order valence-electron chi connectivity index (χ4n) is 0. The van der Waals surface area contributed by atoms with Crippen molar-refractivity contribution in [2.24, 2.45) is 5.92 Å². The summed E-state index contributed by atoms with van der Waals surface area (Å²) in [4.78, 5) is 0. The molecule has 0 aromatic rings. The van der Waals surface area contributed by atoms with Gasteiger partial charge in [0.15, 0.2) is 0 Å². The van der Waals surface area contributed by atoms with Gasteiger partial charge in [0.25, 0.3) is 0 Å². The van der Waals surface area contributed by atoms with E-state index in [1.807, 2.05) is 6.92 Å². The van der Waals surface area contributed by atoms with Crippen LogP contribution in [0.15, 0.2) is 0 Å². The third-order valence-corrected chi connectivity index (χ3v) is 0.667. The van der Waals surface area contributed by atoms with Crippen molar-refractivity contribution in [1.82, 2.24) is 0 Å². The summed E-state index contributed by atoms with van der Waals surface area (Å²) in [7, 11) is 0. The van der Waals surface area contributed by atoms with Gasteiger partial charge in [-0.15, -0.1) is 0 Å². The molecule has 0 aromatic heterocycles.